The molecule has 0 aliphatic rings. The van der Waals surface area contributed by atoms with Crippen molar-refractivity contribution in [2.24, 2.45) is 0 Å². The second-order valence-corrected chi connectivity index (χ2v) is 5.55. The van der Waals surface area contributed by atoms with Gasteiger partial charge >= 0.3 is 0 Å². The lowest BCUT2D eigenvalue weighted by atomic mass is 10.0. The smallest absolute Gasteiger partial charge is 0.122 e. The van der Waals surface area contributed by atoms with Crippen molar-refractivity contribution in [1.82, 2.24) is 4.98 Å². The van der Waals surface area contributed by atoms with Gasteiger partial charge in [-0.15, -0.1) is 11.3 Å². The molecule has 0 amide bonds. The number of nitrogens with two attached hydrogens (primary N) is 1. The first-order valence-corrected chi connectivity index (χ1v) is 6.82. The lowest BCUT2D eigenvalue weighted by molar-refractivity contribution is 0.337. The molecular weight excluding hydrogens is 244 g/mol. The second-order valence-electron chi connectivity index (χ2n) is 4.31. The summed E-state index contributed by atoms with van der Waals surface area (Å²) in [4.78, 5) is 4.51. The van der Waals surface area contributed by atoms with Crippen LogP contribution in [0.5, 0.6) is 5.75 Å². The van der Waals surface area contributed by atoms with Crippen LogP contribution >= 0.6 is 11.3 Å². The van der Waals surface area contributed by atoms with Crippen LogP contribution in [0.4, 0.5) is 5.00 Å². The Morgan fingerprint density at radius 1 is 1.22 bits per heavy atom. The van der Waals surface area contributed by atoms with E-state index in [9.17, 15) is 0 Å². The number of aryl methyl sites for hydroxylation is 3. The number of thiazole rings is 1. The van der Waals surface area contributed by atoms with Crippen LogP contribution in [0.1, 0.15) is 23.1 Å². The predicted octanol–water partition coefficient (Wildman–Crippen LogP) is 3.72. The summed E-state index contributed by atoms with van der Waals surface area (Å²) in [6, 6.07) is 4.16. The highest BCUT2D eigenvalue weighted by Crippen LogP contribution is 2.35. The van der Waals surface area contributed by atoms with Gasteiger partial charge in [-0.1, -0.05) is 0 Å². The first-order chi connectivity index (χ1) is 8.52. The minimum Gasteiger partial charge on any atom is -0.494 e. The van der Waals surface area contributed by atoms with Crippen molar-refractivity contribution in [3.63, 3.8) is 0 Å². The highest BCUT2D eigenvalue weighted by Gasteiger charge is 2.13. The summed E-state index contributed by atoms with van der Waals surface area (Å²) in [5.74, 6) is 0.935. The third kappa shape index (κ3) is 2.34. The van der Waals surface area contributed by atoms with Crippen LogP contribution in [0.3, 0.4) is 0 Å². The molecule has 1 aromatic carbocycles. The minimum absolute atomic E-state index is 0.678. The fourth-order valence-corrected chi connectivity index (χ4v) is 2.70. The summed E-state index contributed by atoms with van der Waals surface area (Å²) < 4.78 is 5.59. The minimum atomic E-state index is 0.678. The molecule has 0 spiro atoms. The molecule has 1 aromatic heterocycles. The Morgan fingerprint density at radius 2 is 1.94 bits per heavy atom. The SMILES string of the molecule is CCOc1cc(C)c(-c2nc(C)sc2N)cc1C. The Kier molecular flexibility index (Phi) is 3.57. The molecule has 0 aliphatic heterocycles. The zero-order valence-corrected chi connectivity index (χ0v) is 12.0. The number of benzene rings is 1. The Hall–Kier alpha value is -1.55. The molecule has 0 atom stereocenters. The number of anilines is 1. The maximum absolute atomic E-state index is 6.01. The Bertz CT molecular complexity index is 575. The lowest BCUT2D eigenvalue weighted by Crippen LogP contribution is -1.97. The summed E-state index contributed by atoms with van der Waals surface area (Å²) in [5, 5.41) is 1.77. The Labute approximate surface area is 112 Å². The van der Waals surface area contributed by atoms with E-state index in [-0.39, 0.29) is 0 Å². The van der Waals surface area contributed by atoms with E-state index in [1.54, 1.807) is 0 Å². The van der Waals surface area contributed by atoms with E-state index in [1.165, 1.54) is 11.3 Å². The van der Waals surface area contributed by atoms with Crippen molar-refractivity contribution in [2.45, 2.75) is 27.7 Å². The zero-order chi connectivity index (χ0) is 13.3. The number of hydrogen-bond donors (Lipinski definition) is 1. The number of nitrogens with zero attached hydrogens (tertiary/aromatic N) is 1. The van der Waals surface area contributed by atoms with Gasteiger partial charge in [0.25, 0.3) is 0 Å². The Balaban J connectivity index is 2.52. The predicted molar refractivity (Wildman–Crippen MR) is 77.3 cm³/mol. The van der Waals surface area contributed by atoms with Gasteiger partial charge in [0.1, 0.15) is 16.4 Å². The van der Waals surface area contributed by atoms with Crippen LogP contribution in [0, 0.1) is 20.8 Å². The molecule has 96 valence electrons. The number of hydrogen-bond acceptors (Lipinski definition) is 4. The van der Waals surface area contributed by atoms with E-state index in [4.69, 9.17) is 10.5 Å². The number of aromatic nitrogens is 1. The van der Waals surface area contributed by atoms with Crippen LogP contribution < -0.4 is 10.5 Å². The molecule has 2 N–H and O–H groups in total. The van der Waals surface area contributed by atoms with E-state index < -0.39 is 0 Å². The van der Waals surface area contributed by atoms with Gasteiger partial charge < -0.3 is 10.5 Å². The van der Waals surface area contributed by atoms with Crippen molar-refractivity contribution < 1.29 is 4.74 Å². The lowest BCUT2D eigenvalue weighted by Gasteiger charge is -2.11. The van der Waals surface area contributed by atoms with Gasteiger partial charge in [-0.2, -0.15) is 0 Å². The number of rotatable bonds is 3. The van der Waals surface area contributed by atoms with Crippen LogP contribution in [0.2, 0.25) is 0 Å². The van der Waals surface area contributed by atoms with Crippen LogP contribution in [-0.2, 0) is 0 Å². The fourth-order valence-electron chi connectivity index (χ4n) is 1.99. The Morgan fingerprint density at radius 3 is 2.50 bits per heavy atom. The third-order valence-electron chi connectivity index (χ3n) is 2.84. The molecule has 0 fully saturated rings. The average molecular weight is 262 g/mol. The van der Waals surface area contributed by atoms with Crippen molar-refractivity contribution in [2.75, 3.05) is 12.3 Å². The molecule has 1 heterocycles. The third-order valence-corrected chi connectivity index (χ3v) is 3.64. The highest BCUT2D eigenvalue weighted by atomic mass is 32.1. The summed E-state index contributed by atoms with van der Waals surface area (Å²) in [6.45, 7) is 8.75. The van der Waals surface area contributed by atoms with E-state index in [2.05, 4.69) is 24.0 Å². The standard InChI is InChI=1S/C14H18N2OS/c1-5-17-12-7-8(2)11(6-9(12)3)13-14(15)18-10(4)16-13/h6-7H,5,15H2,1-4H3. The van der Waals surface area contributed by atoms with Gasteiger partial charge in [-0.25, -0.2) is 4.98 Å². The molecule has 0 saturated heterocycles. The largest absolute Gasteiger partial charge is 0.494 e. The first-order valence-electron chi connectivity index (χ1n) is 6.00. The molecule has 2 aromatic rings. The zero-order valence-electron chi connectivity index (χ0n) is 11.2. The van der Waals surface area contributed by atoms with E-state index >= 15 is 0 Å². The molecule has 0 aliphatic carbocycles. The van der Waals surface area contributed by atoms with Gasteiger partial charge in [0, 0.05) is 5.56 Å². The van der Waals surface area contributed by atoms with Crippen molar-refractivity contribution in [3.05, 3.63) is 28.3 Å². The monoisotopic (exact) mass is 262 g/mol. The van der Waals surface area contributed by atoms with Gasteiger partial charge in [-0.3, -0.25) is 0 Å². The van der Waals surface area contributed by atoms with Crippen LogP contribution in [0.15, 0.2) is 12.1 Å². The number of nitrogen functional groups attached to an aromatic ring is 1. The molecular formula is C14H18N2OS. The van der Waals surface area contributed by atoms with Gasteiger partial charge in [0.2, 0.25) is 0 Å². The molecule has 0 unspecified atom stereocenters. The van der Waals surface area contributed by atoms with Crippen LogP contribution in [0.25, 0.3) is 11.3 Å². The van der Waals surface area contributed by atoms with Crippen molar-refractivity contribution in [1.29, 1.82) is 0 Å². The summed E-state index contributed by atoms with van der Waals surface area (Å²) in [7, 11) is 0. The van der Waals surface area contributed by atoms with Crippen molar-refractivity contribution in [3.8, 4) is 17.0 Å². The van der Waals surface area contributed by atoms with Gasteiger partial charge in [0.05, 0.1) is 11.6 Å². The molecule has 0 bridgehead atoms. The topological polar surface area (TPSA) is 48.1 Å². The molecule has 2 rings (SSSR count). The molecule has 18 heavy (non-hydrogen) atoms. The van der Waals surface area contributed by atoms with Gasteiger partial charge in [-0.05, 0) is 51.0 Å². The second kappa shape index (κ2) is 4.98. The summed E-state index contributed by atoms with van der Waals surface area (Å²) >= 11 is 1.53. The maximum Gasteiger partial charge on any atom is 0.122 e. The highest BCUT2D eigenvalue weighted by molar-refractivity contribution is 7.16. The maximum atomic E-state index is 6.01. The number of ether oxygens (including phenoxy) is 1. The first kappa shape index (κ1) is 12.9. The molecule has 3 nitrogen and oxygen atoms in total. The molecule has 4 heteroatoms. The van der Waals surface area contributed by atoms with Gasteiger partial charge in [0.15, 0.2) is 0 Å². The fraction of sp³-hybridized carbons (Fsp3) is 0.357. The average Bonchev–Trinajstić information content (AvgIpc) is 2.63. The van der Waals surface area contributed by atoms with Crippen molar-refractivity contribution >= 4 is 16.3 Å². The van der Waals surface area contributed by atoms with Crippen LogP contribution in [-0.4, -0.2) is 11.6 Å². The van der Waals surface area contributed by atoms with E-state index in [0.29, 0.717) is 6.61 Å². The van der Waals surface area contributed by atoms with E-state index in [0.717, 1.165) is 38.1 Å². The quantitative estimate of drug-likeness (QED) is 0.917. The van der Waals surface area contributed by atoms with E-state index in [1.807, 2.05) is 20.8 Å². The normalized spacial score (nSPS) is 10.7. The summed E-state index contributed by atoms with van der Waals surface area (Å²) in [6.07, 6.45) is 0. The summed E-state index contributed by atoms with van der Waals surface area (Å²) in [5.41, 5.74) is 10.3. The molecule has 0 saturated carbocycles. The molecule has 0 radical (unpaired) electrons.